The van der Waals surface area contributed by atoms with Crippen LogP contribution in [0.1, 0.15) is 22.3 Å². The summed E-state index contributed by atoms with van der Waals surface area (Å²) in [6, 6.07) is 10.8. The van der Waals surface area contributed by atoms with Crippen molar-refractivity contribution in [1.29, 1.82) is 0 Å². The lowest BCUT2D eigenvalue weighted by Crippen LogP contribution is -1.95. The number of methoxy groups -OCH3 is 1. The molecule has 0 aliphatic heterocycles. The largest absolute Gasteiger partial charge is 0.496 e. The second kappa shape index (κ2) is 3.63. The van der Waals surface area contributed by atoms with Crippen molar-refractivity contribution in [1.82, 2.24) is 0 Å². The summed E-state index contributed by atoms with van der Waals surface area (Å²) >= 11 is 0. The van der Waals surface area contributed by atoms with Gasteiger partial charge in [-0.25, -0.2) is 0 Å². The molecular weight excluding hydrogens is 208 g/mol. The zero-order valence-electron chi connectivity index (χ0n) is 10.5. The maximum Gasteiger partial charge on any atom is 0.122 e. The molecule has 1 aliphatic carbocycles. The Morgan fingerprint density at radius 1 is 1.00 bits per heavy atom. The first-order valence-electron chi connectivity index (χ1n) is 5.97. The molecule has 17 heavy (non-hydrogen) atoms. The van der Waals surface area contributed by atoms with Crippen molar-refractivity contribution < 1.29 is 4.74 Å². The van der Waals surface area contributed by atoms with E-state index in [-0.39, 0.29) is 0 Å². The van der Waals surface area contributed by atoms with Gasteiger partial charge >= 0.3 is 0 Å². The van der Waals surface area contributed by atoms with E-state index in [4.69, 9.17) is 4.74 Å². The highest BCUT2D eigenvalue weighted by Crippen LogP contribution is 2.42. The summed E-state index contributed by atoms with van der Waals surface area (Å²) in [5, 5.41) is 0. The molecule has 0 saturated carbocycles. The van der Waals surface area contributed by atoms with Crippen molar-refractivity contribution in [2.24, 2.45) is 0 Å². The molecule has 0 radical (unpaired) electrons. The molecule has 0 N–H and O–H groups in total. The van der Waals surface area contributed by atoms with Crippen LogP contribution in [0.15, 0.2) is 30.3 Å². The number of hydrogen-bond donors (Lipinski definition) is 0. The van der Waals surface area contributed by atoms with Crippen molar-refractivity contribution in [3.63, 3.8) is 0 Å². The topological polar surface area (TPSA) is 9.23 Å². The molecule has 3 rings (SSSR count). The van der Waals surface area contributed by atoms with Gasteiger partial charge in [0.25, 0.3) is 0 Å². The molecule has 0 fully saturated rings. The van der Waals surface area contributed by atoms with Crippen LogP contribution in [-0.2, 0) is 6.42 Å². The lowest BCUT2D eigenvalue weighted by Gasteiger charge is -2.12. The molecule has 0 saturated heterocycles. The molecule has 0 amide bonds. The molecule has 2 aromatic rings. The molecule has 1 heteroatoms. The van der Waals surface area contributed by atoms with Gasteiger partial charge in [0.2, 0.25) is 0 Å². The van der Waals surface area contributed by atoms with Crippen LogP contribution in [0.3, 0.4) is 0 Å². The lowest BCUT2D eigenvalue weighted by molar-refractivity contribution is 0.411. The van der Waals surface area contributed by atoms with Crippen LogP contribution in [0.5, 0.6) is 5.75 Å². The summed E-state index contributed by atoms with van der Waals surface area (Å²) in [4.78, 5) is 0. The van der Waals surface area contributed by atoms with Crippen molar-refractivity contribution in [3.8, 4) is 16.9 Å². The fourth-order valence-electron chi connectivity index (χ4n) is 2.75. The monoisotopic (exact) mass is 224 g/mol. The highest BCUT2D eigenvalue weighted by molar-refractivity contribution is 5.80. The number of benzene rings is 2. The van der Waals surface area contributed by atoms with Gasteiger partial charge in [-0.2, -0.15) is 0 Å². The van der Waals surface area contributed by atoms with Gasteiger partial charge in [-0.1, -0.05) is 24.3 Å². The summed E-state index contributed by atoms with van der Waals surface area (Å²) < 4.78 is 5.47. The highest BCUT2D eigenvalue weighted by Gasteiger charge is 2.22. The van der Waals surface area contributed by atoms with Crippen molar-refractivity contribution in [3.05, 3.63) is 52.6 Å². The third-order valence-electron chi connectivity index (χ3n) is 3.88. The standard InChI is InChI=1S/C16H16O/c1-10-11(2)16(17-3)9-15-13-7-5-4-6-12(13)8-14(10)15/h4-7,9H,8H2,1-3H3. The first kappa shape index (κ1) is 10.4. The molecule has 0 unspecified atom stereocenters. The van der Waals surface area contributed by atoms with Crippen LogP contribution in [-0.4, -0.2) is 7.11 Å². The predicted octanol–water partition coefficient (Wildman–Crippen LogP) is 3.88. The third kappa shape index (κ3) is 1.39. The van der Waals surface area contributed by atoms with Gasteiger partial charge < -0.3 is 4.74 Å². The van der Waals surface area contributed by atoms with Crippen molar-refractivity contribution in [2.45, 2.75) is 20.3 Å². The van der Waals surface area contributed by atoms with Gasteiger partial charge in [-0.15, -0.1) is 0 Å². The number of ether oxygens (including phenoxy) is 1. The summed E-state index contributed by atoms with van der Waals surface area (Å²) in [6.45, 7) is 4.33. The van der Waals surface area contributed by atoms with Crippen LogP contribution in [0.2, 0.25) is 0 Å². The van der Waals surface area contributed by atoms with Gasteiger partial charge in [-0.3, -0.25) is 0 Å². The second-order valence-electron chi connectivity index (χ2n) is 4.69. The van der Waals surface area contributed by atoms with Gasteiger partial charge in [-0.05, 0) is 59.7 Å². The Labute approximate surface area is 102 Å². The van der Waals surface area contributed by atoms with E-state index < -0.39 is 0 Å². The van der Waals surface area contributed by atoms with Gasteiger partial charge in [0.05, 0.1) is 7.11 Å². The molecule has 0 atom stereocenters. The van der Waals surface area contributed by atoms with E-state index in [0.717, 1.165) is 12.2 Å². The Hall–Kier alpha value is -1.76. The van der Waals surface area contributed by atoms with E-state index >= 15 is 0 Å². The summed E-state index contributed by atoms with van der Waals surface area (Å²) in [5.74, 6) is 0.998. The Kier molecular flexibility index (Phi) is 2.22. The summed E-state index contributed by atoms with van der Waals surface area (Å²) in [7, 11) is 1.75. The molecule has 0 heterocycles. The average Bonchev–Trinajstić information content (AvgIpc) is 2.72. The SMILES string of the molecule is COc1cc2c(c(C)c1C)Cc1ccccc1-2. The van der Waals surface area contributed by atoms with Crippen molar-refractivity contribution >= 4 is 0 Å². The minimum Gasteiger partial charge on any atom is -0.496 e. The maximum atomic E-state index is 5.47. The highest BCUT2D eigenvalue weighted by atomic mass is 16.5. The Morgan fingerprint density at radius 2 is 1.76 bits per heavy atom. The Bertz CT molecular complexity index is 597. The molecule has 1 aliphatic rings. The van der Waals surface area contributed by atoms with E-state index in [2.05, 4.69) is 44.2 Å². The van der Waals surface area contributed by atoms with E-state index in [0.29, 0.717) is 0 Å². The number of rotatable bonds is 1. The molecule has 2 aromatic carbocycles. The van der Waals surface area contributed by atoms with Gasteiger partial charge in [0.15, 0.2) is 0 Å². The van der Waals surface area contributed by atoms with Crippen LogP contribution < -0.4 is 4.74 Å². The zero-order chi connectivity index (χ0) is 12.0. The molecule has 0 aromatic heterocycles. The average molecular weight is 224 g/mol. The molecule has 1 nitrogen and oxygen atoms in total. The lowest BCUT2D eigenvalue weighted by atomic mass is 9.97. The smallest absolute Gasteiger partial charge is 0.122 e. The van der Waals surface area contributed by atoms with Crippen LogP contribution in [0.25, 0.3) is 11.1 Å². The molecular formula is C16H16O. The third-order valence-corrected chi connectivity index (χ3v) is 3.88. The van der Waals surface area contributed by atoms with E-state index in [9.17, 15) is 0 Å². The minimum absolute atomic E-state index is 0.998. The Morgan fingerprint density at radius 3 is 2.53 bits per heavy atom. The number of hydrogen-bond acceptors (Lipinski definition) is 1. The molecule has 86 valence electrons. The molecule has 0 spiro atoms. The van der Waals surface area contributed by atoms with Crippen LogP contribution in [0.4, 0.5) is 0 Å². The maximum absolute atomic E-state index is 5.47. The second-order valence-corrected chi connectivity index (χ2v) is 4.69. The van der Waals surface area contributed by atoms with E-state index in [1.165, 1.54) is 33.4 Å². The quantitative estimate of drug-likeness (QED) is 0.609. The fraction of sp³-hybridized carbons (Fsp3) is 0.250. The Balaban J connectivity index is 2.30. The first-order valence-corrected chi connectivity index (χ1v) is 5.97. The van der Waals surface area contributed by atoms with Gasteiger partial charge in [0, 0.05) is 0 Å². The summed E-state index contributed by atoms with van der Waals surface area (Å²) in [5.41, 5.74) is 8.24. The zero-order valence-corrected chi connectivity index (χ0v) is 10.5. The normalized spacial score (nSPS) is 12.2. The van der Waals surface area contributed by atoms with Crippen LogP contribution in [0, 0.1) is 13.8 Å². The first-order chi connectivity index (χ1) is 8.22. The van der Waals surface area contributed by atoms with Gasteiger partial charge in [0.1, 0.15) is 5.75 Å². The molecule has 0 bridgehead atoms. The van der Waals surface area contributed by atoms with Crippen molar-refractivity contribution in [2.75, 3.05) is 7.11 Å². The fourth-order valence-corrected chi connectivity index (χ4v) is 2.75. The summed E-state index contributed by atoms with van der Waals surface area (Å²) in [6.07, 6.45) is 1.06. The van der Waals surface area contributed by atoms with Crippen LogP contribution >= 0.6 is 0 Å². The minimum atomic E-state index is 0.998. The predicted molar refractivity (Wildman–Crippen MR) is 70.7 cm³/mol. The number of fused-ring (bicyclic) bond motifs is 3. The van der Waals surface area contributed by atoms with E-state index in [1.54, 1.807) is 7.11 Å². The van der Waals surface area contributed by atoms with E-state index in [1.807, 2.05) is 0 Å².